The summed E-state index contributed by atoms with van der Waals surface area (Å²) in [6, 6.07) is 0. The molecular weight excluding hydrogens is 198 g/mol. The topological polar surface area (TPSA) is 75.6 Å². The maximum Gasteiger partial charge on any atom is 0.332 e. The number of fused-ring (bicyclic) bond motifs is 2. The van der Waals surface area contributed by atoms with Gasteiger partial charge in [0.15, 0.2) is 6.61 Å². The van der Waals surface area contributed by atoms with Gasteiger partial charge in [-0.25, -0.2) is 10.3 Å². The highest BCUT2D eigenvalue weighted by Crippen LogP contribution is 2.48. The van der Waals surface area contributed by atoms with E-state index in [0.717, 1.165) is 19.3 Å². The molecule has 84 valence electrons. The number of amides is 1. The SMILES string of the molecule is O=C(O)CONC(=O)C1CC2CCC1C2. The number of carbonyl (C=O) groups excluding carboxylic acids is 1. The molecule has 0 radical (unpaired) electrons. The maximum absolute atomic E-state index is 11.6. The Morgan fingerprint density at radius 2 is 2.13 bits per heavy atom. The lowest BCUT2D eigenvalue weighted by Gasteiger charge is -2.20. The van der Waals surface area contributed by atoms with E-state index in [9.17, 15) is 9.59 Å². The van der Waals surface area contributed by atoms with E-state index in [-0.39, 0.29) is 11.8 Å². The van der Waals surface area contributed by atoms with Crippen molar-refractivity contribution in [1.29, 1.82) is 0 Å². The first-order valence-electron chi connectivity index (χ1n) is 5.30. The minimum Gasteiger partial charge on any atom is -0.479 e. The van der Waals surface area contributed by atoms with Crippen LogP contribution in [0.4, 0.5) is 0 Å². The maximum atomic E-state index is 11.6. The number of carbonyl (C=O) groups is 2. The van der Waals surface area contributed by atoms with E-state index in [0.29, 0.717) is 11.8 Å². The van der Waals surface area contributed by atoms with Crippen LogP contribution in [0.25, 0.3) is 0 Å². The summed E-state index contributed by atoms with van der Waals surface area (Å²) in [5, 5.41) is 8.32. The van der Waals surface area contributed by atoms with Crippen LogP contribution in [-0.4, -0.2) is 23.6 Å². The predicted molar refractivity (Wildman–Crippen MR) is 50.7 cm³/mol. The average molecular weight is 213 g/mol. The van der Waals surface area contributed by atoms with Crippen molar-refractivity contribution in [3.05, 3.63) is 0 Å². The molecule has 2 aliphatic carbocycles. The van der Waals surface area contributed by atoms with Crippen LogP contribution in [0.15, 0.2) is 0 Å². The molecule has 0 aliphatic heterocycles. The Balaban J connectivity index is 1.74. The molecule has 2 N–H and O–H groups in total. The Bertz CT molecular complexity index is 279. The smallest absolute Gasteiger partial charge is 0.332 e. The van der Waals surface area contributed by atoms with Gasteiger partial charge in [-0.05, 0) is 31.1 Å². The number of rotatable bonds is 4. The van der Waals surface area contributed by atoms with Gasteiger partial charge >= 0.3 is 5.97 Å². The molecule has 5 heteroatoms. The fraction of sp³-hybridized carbons (Fsp3) is 0.800. The minimum absolute atomic E-state index is 0.0394. The second-order valence-electron chi connectivity index (χ2n) is 4.43. The van der Waals surface area contributed by atoms with Crippen molar-refractivity contribution >= 4 is 11.9 Å². The summed E-state index contributed by atoms with van der Waals surface area (Å²) in [6.07, 6.45) is 4.45. The number of hydrogen-bond donors (Lipinski definition) is 2. The van der Waals surface area contributed by atoms with Crippen molar-refractivity contribution in [3.63, 3.8) is 0 Å². The Hall–Kier alpha value is -1.10. The van der Waals surface area contributed by atoms with Crippen molar-refractivity contribution in [2.75, 3.05) is 6.61 Å². The molecule has 5 nitrogen and oxygen atoms in total. The number of hydrogen-bond acceptors (Lipinski definition) is 3. The Morgan fingerprint density at radius 3 is 2.67 bits per heavy atom. The van der Waals surface area contributed by atoms with Gasteiger partial charge in [-0.2, -0.15) is 0 Å². The zero-order valence-electron chi connectivity index (χ0n) is 8.44. The molecule has 3 atom stereocenters. The van der Waals surface area contributed by atoms with Gasteiger partial charge in [0.1, 0.15) is 0 Å². The minimum atomic E-state index is -1.08. The summed E-state index contributed by atoms with van der Waals surface area (Å²) in [7, 11) is 0. The van der Waals surface area contributed by atoms with Crippen LogP contribution in [0.3, 0.4) is 0 Å². The van der Waals surface area contributed by atoms with Gasteiger partial charge in [0.25, 0.3) is 0 Å². The molecule has 2 saturated carbocycles. The molecule has 0 aromatic rings. The normalized spacial score (nSPS) is 32.9. The molecule has 2 fully saturated rings. The monoisotopic (exact) mass is 213 g/mol. The van der Waals surface area contributed by atoms with E-state index in [4.69, 9.17) is 5.11 Å². The van der Waals surface area contributed by atoms with Gasteiger partial charge < -0.3 is 5.11 Å². The summed E-state index contributed by atoms with van der Waals surface area (Å²) in [4.78, 5) is 26.3. The van der Waals surface area contributed by atoms with Crippen LogP contribution < -0.4 is 5.48 Å². The molecule has 2 aliphatic rings. The second kappa shape index (κ2) is 4.18. The molecule has 2 rings (SSSR count). The lowest BCUT2D eigenvalue weighted by molar-refractivity contribution is -0.151. The highest BCUT2D eigenvalue weighted by molar-refractivity contribution is 5.78. The van der Waals surface area contributed by atoms with E-state index in [1.807, 2.05) is 0 Å². The van der Waals surface area contributed by atoms with Crippen molar-refractivity contribution in [2.45, 2.75) is 25.7 Å². The van der Waals surface area contributed by atoms with Crippen LogP contribution in [0.5, 0.6) is 0 Å². The molecule has 0 saturated heterocycles. The third kappa shape index (κ3) is 2.28. The number of carboxylic acids is 1. The zero-order valence-corrected chi connectivity index (χ0v) is 8.44. The predicted octanol–water partition coefficient (Wildman–Crippen LogP) is 0.555. The molecular formula is C10H15NO4. The van der Waals surface area contributed by atoms with Crippen LogP contribution >= 0.6 is 0 Å². The second-order valence-corrected chi connectivity index (χ2v) is 4.43. The first-order chi connectivity index (χ1) is 7.16. The number of nitrogens with one attached hydrogen (secondary N) is 1. The third-order valence-corrected chi connectivity index (χ3v) is 3.44. The van der Waals surface area contributed by atoms with Crippen molar-refractivity contribution < 1.29 is 19.5 Å². The van der Waals surface area contributed by atoms with Gasteiger partial charge in [-0.15, -0.1) is 0 Å². The van der Waals surface area contributed by atoms with Crippen LogP contribution in [0, 0.1) is 17.8 Å². The molecule has 2 bridgehead atoms. The first kappa shape index (κ1) is 10.4. The molecule has 0 aromatic heterocycles. The van der Waals surface area contributed by atoms with E-state index < -0.39 is 12.6 Å². The number of aliphatic carboxylic acids is 1. The molecule has 15 heavy (non-hydrogen) atoms. The van der Waals surface area contributed by atoms with E-state index in [2.05, 4.69) is 10.3 Å². The van der Waals surface area contributed by atoms with Crippen molar-refractivity contribution in [1.82, 2.24) is 5.48 Å². The molecule has 3 unspecified atom stereocenters. The van der Waals surface area contributed by atoms with Crippen molar-refractivity contribution in [3.8, 4) is 0 Å². The molecule has 0 spiro atoms. The zero-order chi connectivity index (χ0) is 10.8. The van der Waals surface area contributed by atoms with E-state index >= 15 is 0 Å². The van der Waals surface area contributed by atoms with Crippen LogP contribution in [-0.2, 0) is 14.4 Å². The van der Waals surface area contributed by atoms with Crippen LogP contribution in [0.1, 0.15) is 25.7 Å². The van der Waals surface area contributed by atoms with Crippen LogP contribution in [0.2, 0.25) is 0 Å². The van der Waals surface area contributed by atoms with Gasteiger partial charge in [-0.1, -0.05) is 6.42 Å². The Kier molecular flexibility index (Phi) is 2.90. The fourth-order valence-corrected chi connectivity index (χ4v) is 2.81. The van der Waals surface area contributed by atoms with Gasteiger partial charge in [-0.3, -0.25) is 9.63 Å². The van der Waals surface area contributed by atoms with Crippen molar-refractivity contribution in [2.24, 2.45) is 17.8 Å². The average Bonchev–Trinajstić information content (AvgIpc) is 2.77. The largest absolute Gasteiger partial charge is 0.479 e. The standard InChI is InChI=1S/C10H15NO4/c12-9(13)5-15-11-10(14)8-4-6-1-2-7(8)3-6/h6-8H,1-5H2,(H,11,14)(H,12,13). The summed E-state index contributed by atoms with van der Waals surface area (Å²) in [5.74, 6) is -0.00195. The molecule has 0 heterocycles. The van der Waals surface area contributed by atoms with E-state index in [1.165, 1.54) is 6.42 Å². The third-order valence-electron chi connectivity index (χ3n) is 3.44. The lowest BCUT2D eigenvalue weighted by Crippen LogP contribution is -2.34. The first-order valence-corrected chi connectivity index (χ1v) is 5.30. The van der Waals surface area contributed by atoms with E-state index in [1.54, 1.807) is 0 Å². The van der Waals surface area contributed by atoms with Gasteiger partial charge in [0.2, 0.25) is 5.91 Å². The van der Waals surface area contributed by atoms with Gasteiger partial charge in [0, 0.05) is 5.92 Å². The summed E-state index contributed by atoms with van der Waals surface area (Å²) >= 11 is 0. The Labute approximate surface area is 87.7 Å². The molecule has 0 aromatic carbocycles. The lowest BCUT2D eigenvalue weighted by atomic mass is 9.88. The highest BCUT2D eigenvalue weighted by Gasteiger charge is 2.43. The highest BCUT2D eigenvalue weighted by atomic mass is 16.7. The van der Waals surface area contributed by atoms with Gasteiger partial charge in [0.05, 0.1) is 0 Å². The quantitative estimate of drug-likeness (QED) is 0.669. The summed E-state index contributed by atoms with van der Waals surface area (Å²) < 4.78 is 0. The number of carboxylic acid groups (broad SMARTS) is 1. The summed E-state index contributed by atoms with van der Waals surface area (Å²) in [5.41, 5.74) is 2.22. The fourth-order valence-electron chi connectivity index (χ4n) is 2.81. The Morgan fingerprint density at radius 1 is 1.33 bits per heavy atom. The molecule has 1 amide bonds. The number of hydroxylamine groups is 1. The summed E-state index contributed by atoms with van der Waals surface area (Å²) in [6.45, 7) is -0.480.